The standard InChI is InChI=1S/C17H16O4.C10H18O2/c1-20-15-7-4-14(5-8-15)12-21-16-9-2-13(3-10-16)6-11-17(18)19;1-4-5-6-7-8-12-10(11)9(2)3/h2-11H,12H2,1H3,(H,18,19);2,4-8H2,1,3H3. The van der Waals surface area contributed by atoms with Gasteiger partial charge in [-0.3, -0.25) is 0 Å². The van der Waals surface area contributed by atoms with E-state index >= 15 is 0 Å². The van der Waals surface area contributed by atoms with Crippen LogP contribution in [0.1, 0.15) is 50.7 Å². The van der Waals surface area contributed by atoms with Gasteiger partial charge in [0.1, 0.15) is 18.1 Å². The minimum Gasteiger partial charge on any atom is -0.497 e. The van der Waals surface area contributed by atoms with Crippen molar-refractivity contribution in [2.45, 2.75) is 46.1 Å². The molecule has 2 aromatic carbocycles. The zero-order chi connectivity index (χ0) is 24.5. The molecule has 0 amide bonds. The number of carboxylic acids is 1. The molecule has 1 N–H and O–H groups in total. The molecule has 0 heterocycles. The third kappa shape index (κ3) is 12.8. The highest BCUT2D eigenvalue weighted by Gasteiger charge is 2.01. The Morgan fingerprint density at radius 2 is 1.61 bits per heavy atom. The molecule has 0 aliphatic heterocycles. The number of unbranched alkanes of at least 4 members (excludes halogenated alkanes) is 3. The lowest BCUT2D eigenvalue weighted by Gasteiger charge is -2.07. The summed E-state index contributed by atoms with van der Waals surface area (Å²) in [4.78, 5) is 21.3. The largest absolute Gasteiger partial charge is 0.497 e. The Morgan fingerprint density at radius 3 is 2.15 bits per heavy atom. The van der Waals surface area contributed by atoms with E-state index in [-0.39, 0.29) is 5.97 Å². The number of carbonyl (C=O) groups excluding carboxylic acids is 1. The molecule has 178 valence electrons. The molecule has 6 nitrogen and oxygen atoms in total. The number of carboxylic acid groups (broad SMARTS) is 1. The lowest BCUT2D eigenvalue weighted by molar-refractivity contribution is -0.139. The molecule has 2 aromatic rings. The van der Waals surface area contributed by atoms with Crippen molar-refractivity contribution in [3.05, 3.63) is 77.9 Å². The second-order valence-electron chi connectivity index (χ2n) is 7.35. The Morgan fingerprint density at radius 1 is 0.970 bits per heavy atom. The van der Waals surface area contributed by atoms with Crippen LogP contribution in [-0.2, 0) is 20.9 Å². The van der Waals surface area contributed by atoms with Gasteiger partial charge < -0.3 is 19.3 Å². The smallest absolute Gasteiger partial charge is 0.333 e. The van der Waals surface area contributed by atoms with Gasteiger partial charge in [-0.25, -0.2) is 9.59 Å². The molecule has 0 bridgehead atoms. The zero-order valence-electron chi connectivity index (χ0n) is 19.7. The number of rotatable bonds is 12. The highest BCUT2D eigenvalue weighted by Crippen LogP contribution is 2.16. The van der Waals surface area contributed by atoms with Crippen LogP contribution in [0.4, 0.5) is 0 Å². The van der Waals surface area contributed by atoms with Crippen molar-refractivity contribution in [3.63, 3.8) is 0 Å². The van der Waals surface area contributed by atoms with Gasteiger partial charge in [0.05, 0.1) is 13.7 Å². The fourth-order valence-electron chi connectivity index (χ4n) is 2.55. The van der Waals surface area contributed by atoms with Gasteiger partial charge in [0.2, 0.25) is 0 Å². The maximum atomic E-state index is 10.9. The van der Waals surface area contributed by atoms with Crippen LogP contribution in [0, 0.1) is 0 Å². The summed E-state index contributed by atoms with van der Waals surface area (Å²) in [5.74, 6) is 0.313. The van der Waals surface area contributed by atoms with Crippen molar-refractivity contribution in [1.82, 2.24) is 0 Å². The Balaban J connectivity index is 0.000000389. The Kier molecular flexibility index (Phi) is 13.5. The predicted octanol–water partition coefficient (Wildman–Crippen LogP) is 6.06. The molecule has 6 heteroatoms. The summed E-state index contributed by atoms with van der Waals surface area (Å²) in [6.07, 6.45) is 7.16. The monoisotopic (exact) mass is 454 g/mol. The normalized spacial score (nSPS) is 10.2. The maximum absolute atomic E-state index is 10.9. The van der Waals surface area contributed by atoms with E-state index in [0.29, 0.717) is 18.8 Å². The van der Waals surface area contributed by atoms with Crippen LogP contribution in [-0.4, -0.2) is 30.8 Å². The van der Waals surface area contributed by atoms with E-state index in [1.165, 1.54) is 18.9 Å². The molecule has 0 aliphatic rings. The fourth-order valence-corrected chi connectivity index (χ4v) is 2.55. The van der Waals surface area contributed by atoms with Crippen LogP contribution in [0.15, 0.2) is 66.8 Å². The molecule has 0 fully saturated rings. The molecule has 0 saturated carbocycles. The van der Waals surface area contributed by atoms with Gasteiger partial charge in [0.25, 0.3) is 0 Å². The van der Waals surface area contributed by atoms with Gasteiger partial charge in [0, 0.05) is 11.6 Å². The number of methoxy groups -OCH3 is 1. The van der Waals surface area contributed by atoms with E-state index in [1.54, 1.807) is 14.0 Å². The topological polar surface area (TPSA) is 82.1 Å². The summed E-state index contributed by atoms with van der Waals surface area (Å²) in [6.45, 7) is 8.31. The van der Waals surface area contributed by atoms with Crippen LogP contribution in [0.5, 0.6) is 11.5 Å². The number of carbonyl (C=O) groups is 2. The molecular weight excluding hydrogens is 420 g/mol. The van der Waals surface area contributed by atoms with Crippen LogP contribution in [0.25, 0.3) is 6.08 Å². The second-order valence-corrected chi connectivity index (χ2v) is 7.35. The first-order chi connectivity index (χ1) is 15.8. The van der Waals surface area contributed by atoms with E-state index in [9.17, 15) is 9.59 Å². The summed E-state index contributed by atoms with van der Waals surface area (Å²) in [6, 6.07) is 14.9. The predicted molar refractivity (Wildman–Crippen MR) is 130 cm³/mol. The number of esters is 1. The van der Waals surface area contributed by atoms with Crippen molar-refractivity contribution in [3.8, 4) is 11.5 Å². The molecule has 0 atom stereocenters. The third-order valence-electron chi connectivity index (χ3n) is 4.44. The van der Waals surface area contributed by atoms with Crippen LogP contribution in [0.3, 0.4) is 0 Å². The molecule has 33 heavy (non-hydrogen) atoms. The van der Waals surface area contributed by atoms with E-state index in [1.807, 2.05) is 48.5 Å². The SMILES string of the molecule is C=C(C)C(=O)OCCCCCC.COc1ccc(COc2ccc(C=CC(=O)O)cc2)cc1. The number of benzene rings is 2. The van der Waals surface area contributed by atoms with Crippen molar-refractivity contribution in [2.75, 3.05) is 13.7 Å². The average Bonchev–Trinajstić information content (AvgIpc) is 2.82. The van der Waals surface area contributed by atoms with E-state index in [0.717, 1.165) is 41.5 Å². The summed E-state index contributed by atoms with van der Waals surface area (Å²) >= 11 is 0. The van der Waals surface area contributed by atoms with E-state index in [2.05, 4.69) is 13.5 Å². The summed E-state index contributed by atoms with van der Waals surface area (Å²) in [5.41, 5.74) is 2.34. The number of ether oxygens (including phenoxy) is 3. The van der Waals surface area contributed by atoms with Gasteiger partial charge in [-0.1, -0.05) is 57.0 Å². The fraction of sp³-hybridized carbons (Fsp3) is 0.333. The highest BCUT2D eigenvalue weighted by atomic mass is 16.5. The molecular formula is C27H34O6. The quantitative estimate of drug-likeness (QED) is 0.239. The number of aliphatic carboxylic acids is 1. The minimum atomic E-state index is -0.963. The molecule has 0 aromatic heterocycles. The van der Waals surface area contributed by atoms with Crippen molar-refractivity contribution < 1.29 is 28.9 Å². The maximum Gasteiger partial charge on any atom is 0.333 e. The average molecular weight is 455 g/mol. The Labute approximate surface area is 196 Å². The lowest BCUT2D eigenvalue weighted by atomic mass is 10.2. The minimum absolute atomic E-state index is 0.272. The lowest BCUT2D eigenvalue weighted by Crippen LogP contribution is -2.05. The first-order valence-electron chi connectivity index (χ1n) is 10.9. The molecule has 0 unspecified atom stereocenters. The number of hydrogen-bond acceptors (Lipinski definition) is 5. The van der Waals surface area contributed by atoms with Crippen molar-refractivity contribution in [2.24, 2.45) is 0 Å². The molecule has 0 saturated heterocycles. The van der Waals surface area contributed by atoms with Crippen LogP contribution < -0.4 is 9.47 Å². The van der Waals surface area contributed by atoms with Gasteiger partial charge in [-0.05, 0) is 54.8 Å². The second kappa shape index (κ2) is 16.1. The van der Waals surface area contributed by atoms with Gasteiger partial charge in [-0.15, -0.1) is 0 Å². The van der Waals surface area contributed by atoms with Crippen LogP contribution in [0.2, 0.25) is 0 Å². The summed E-state index contributed by atoms with van der Waals surface area (Å²) < 4.78 is 15.7. The molecule has 2 rings (SSSR count). The third-order valence-corrected chi connectivity index (χ3v) is 4.44. The highest BCUT2D eigenvalue weighted by molar-refractivity contribution is 5.87. The molecule has 0 aliphatic carbocycles. The molecule has 0 radical (unpaired) electrons. The first-order valence-corrected chi connectivity index (χ1v) is 10.9. The van der Waals surface area contributed by atoms with E-state index < -0.39 is 5.97 Å². The summed E-state index contributed by atoms with van der Waals surface area (Å²) in [7, 11) is 1.63. The Bertz CT molecular complexity index is 882. The van der Waals surface area contributed by atoms with Gasteiger partial charge in [0.15, 0.2) is 0 Å². The summed E-state index contributed by atoms with van der Waals surface area (Å²) in [5, 5.41) is 8.56. The van der Waals surface area contributed by atoms with Gasteiger partial charge >= 0.3 is 11.9 Å². The van der Waals surface area contributed by atoms with Crippen molar-refractivity contribution >= 4 is 18.0 Å². The zero-order valence-corrected chi connectivity index (χ0v) is 19.7. The van der Waals surface area contributed by atoms with E-state index in [4.69, 9.17) is 19.3 Å². The number of hydrogen-bond donors (Lipinski definition) is 1. The van der Waals surface area contributed by atoms with Crippen molar-refractivity contribution in [1.29, 1.82) is 0 Å². The Hall–Kier alpha value is -3.54. The van der Waals surface area contributed by atoms with Crippen LogP contribution >= 0.6 is 0 Å². The van der Waals surface area contributed by atoms with Gasteiger partial charge in [-0.2, -0.15) is 0 Å². The molecule has 0 spiro atoms. The first kappa shape index (κ1) is 27.5.